The molecule has 0 aromatic heterocycles. The SMILES string of the molecule is Cc1cccc(C(=O)N2CCN(C(=O)N3CCOCC3)C2C(=O)NC(CC(=O)O)c2ccc(F)cc2)c1. The van der Waals surface area contributed by atoms with Crippen molar-refractivity contribution in [2.24, 2.45) is 0 Å². The summed E-state index contributed by atoms with van der Waals surface area (Å²) < 4.78 is 18.8. The van der Waals surface area contributed by atoms with E-state index in [1.54, 1.807) is 23.1 Å². The molecule has 0 saturated carbocycles. The Kier molecular flexibility index (Phi) is 8.02. The van der Waals surface area contributed by atoms with Gasteiger partial charge >= 0.3 is 12.0 Å². The molecular weight excluding hydrogens is 483 g/mol. The number of carbonyl (C=O) groups excluding carboxylic acids is 3. The van der Waals surface area contributed by atoms with E-state index in [-0.39, 0.29) is 13.1 Å². The average molecular weight is 513 g/mol. The number of hydrogen-bond donors (Lipinski definition) is 2. The largest absolute Gasteiger partial charge is 0.481 e. The van der Waals surface area contributed by atoms with Crippen LogP contribution in [0, 0.1) is 12.7 Å². The van der Waals surface area contributed by atoms with Gasteiger partial charge in [-0.2, -0.15) is 0 Å². The van der Waals surface area contributed by atoms with Gasteiger partial charge in [0.2, 0.25) is 0 Å². The summed E-state index contributed by atoms with van der Waals surface area (Å²) in [7, 11) is 0. The maximum atomic E-state index is 13.7. The van der Waals surface area contributed by atoms with Crippen molar-refractivity contribution in [1.29, 1.82) is 0 Å². The average Bonchev–Trinajstić information content (AvgIpc) is 3.33. The number of benzene rings is 2. The van der Waals surface area contributed by atoms with Crippen LogP contribution in [0.4, 0.5) is 9.18 Å². The quantitative estimate of drug-likeness (QED) is 0.611. The fourth-order valence-electron chi connectivity index (χ4n) is 4.57. The predicted octanol–water partition coefficient (Wildman–Crippen LogP) is 2.00. The molecule has 2 fully saturated rings. The minimum Gasteiger partial charge on any atom is -0.481 e. The van der Waals surface area contributed by atoms with Crippen LogP contribution >= 0.6 is 0 Å². The molecule has 2 saturated heterocycles. The van der Waals surface area contributed by atoms with Gasteiger partial charge in [-0.25, -0.2) is 9.18 Å². The van der Waals surface area contributed by atoms with E-state index in [9.17, 15) is 28.7 Å². The number of nitrogens with one attached hydrogen (secondary N) is 1. The number of aliphatic carboxylic acids is 1. The summed E-state index contributed by atoms with van der Waals surface area (Å²) in [4.78, 5) is 56.3. The second-order valence-electron chi connectivity index (χ2n) is 9.03. The van der Waals surface area contributed by atoms with Crippen LogP contribution in [0.3, 0.4) is 0 Å². The topological polar surface area (TPSA) is 119 Å². The predicted molar refractivity (Wildman–Crippen MR) is 130 cm³/mol. The second kappa shape index (κ2) is 11.4. The molecule has 0 radical (unpaired) electrons. The Labute approximate surface area is 213 Å². The normalized spacial score (nSPS) is 18.4. The van der Waals surface area contributed by atoms with Gasteiger partial charge in [-0.05, 0) is 36.8 Å². The third-order valence-corrected chi connectivity index (χ3v) is 6.43. The summed E-state index contributed by atoms with van der Waals surface area (Å²) in [5.74, 6) is -2.79. The lowest BCUT2D eigenvalue weighted by Gasteiger charge is -2.35. The van der Waals surface area contributed by atoms with Gasteiger partial charge in [0.1, 0.15) is 5.82 Å². The van der Waals surface area contributed by atoms with E-state index in [1.165, 1.54) is 34.1 Å². The number of ether oxygens (including phenoxy) is 1. The number of amides is 4. The molecule has 2 aromatic rings. The molecule has 0 spiro atoms. The molecule has 4 amide bonds. The lowest BCUT2D eigenvalue weighted by Crippen LogP contribution is -2.57. The van der Waals surface area contributed by atoms with Gasteiger partial charge in [-0.15, -0.1) is 0 Å². The lowest BCUT2D eigenvalue weighted by molar-refractivity contribution is -0.138. The molecule has 37 heavy (non-hydrogen) atoms. The molecule has 2 heterocycles. The fourth-order valence-corrected chi connectivity index (χ4v) is 4.57. The zero-order valence-corrected chi connectivity index (χ0v) is 20.4. The molecule has 4 rings (SSSR count). The molecule has 2 N–H and O–H groups in total. The fraction of sp³-hybridized carbons (Fsp3) is 0.385. The summed E-state index contributed by atoms with van der Waals surface area (Å²) in [6.45, 7) is 3.55. The zero-order valence-electron chi connectivity index (χ0n) is 20.4. The van der Waals surface area contributed by atoms with E-state index in [0.29, 0.717) is 37.4 Å². The molecule has 2 atom stereocenters. The number of carbonyl (C=O) groups is 4. The first-order valence-corrected chi connectivity index (χ1v) is 12.0. The molecule has 0 aliphatic carbocycles. The molecule has 2 aliphatic rings. The monoisotopic (exact) mass is 512 g/mol. The van der Waals surface area contributed by atoms with Crippen LogP contribution in [0.2, 0.25) is 0 Å². The van der Waals surface area contributed by atoms with Crippen molar-refractivity contribution in [1.82, 2.24) is 20.0 Å². The van der Waals surface area contributed by atoms with Crippen molar-refractivity contribution in [2.45, 2.75) is 25.6 Å². The third-order valence-electron chi connectivity index (χ3n) is 6.43. The Bertz CT molecular complexity index is 1170. The van der Waals surface area contributed by atoms with Crippen LogP contribution in [0.1, 0.15) is 33.9 Å². The molecule has 196 valence electrons. The number of urea groups is 1. The number of hydrogen-bond acceptors (Lipinski definition) is 5. The van der Waals surface area contributed by atoms with Crippen molar-refractivity contribution in [2.75, 3.05) is 39.4 Å². The molecule has 2 aromatic carbocycles. The van der Waals surface area contributed by atoms with Gasteiger partial charge in [-0.3, -0.25) is 19.3 Å². The molecular formula is C26H29FN4O6. The minimum atomic E-state index is -1.29. The van der Waals surface area contributed by atoms with Gasteiger partial charge in [0.05, 0.1) is 25.7 Å². The highest BCUT2D eigenvalue weighted by atomic mass is 19.1. The first-order valence-electron chi connectivity index (χ1n) is 12.0. The van der Waals surface area contributed by atoms with E-state index in [1.807, 2.05) is 13.0 Å². The summed E-state index contributed by atoms with van der Waals surface area (Å²) in [5.41, 5.74) is 1.63. The highest BCUT2D eigenvalue weighted by Gasteiger charge is 2.45. The van der Waals surface area contributed by atoms with Crippen molar-refractivity contribution in [3.05, 3.63) is 71.0 Å². The minimum absolute atomic E-state index is 0.126. The van der Waals surface area contributed by atoms with Gasteiger partial charge < -0.3 is 25.0 Å². The number of carboxylic acid groups (broad SMARTS) is 1. The highest BCUT2D eigenvalue weighted by molar-refractivity contribution is 5.99. The summed E-state index contributed by atoms with van der Waals surface area (Å²) in [6.07, 6.45) is -1.76. The van der Waals surface area contributed by atoms with E-state index in [2.05, 4.69) is 5.32 Å². The van der Waals surface area contributed by atoms with Crippen LogP contribution < -0.4 is 5.32 Å². The van der Waals surface area contributed by atoms with Crippen molar-refractivity contribution in [3.8, 4) is 0 Å². The zero-order chi connectivity index (χ0) is 26.5. The highest BCUT2D eigenvalue weighted by Crippen LogP contribution is 2.24. The van der Waals surface area contributed by atoms with Crippen molar-refractivity contribution >= 4 is 23.8 Å². The molecule has 10 nitrogen and oxygen atoms in total. The number of rotatable bonds is 6. The lowest BCUT2D eigenvalue weighted by atomic mass is 10.0. The van der Waals surface area contributed by atoms with Crippen molar-refractivity contribution in [3.63, 3.8) is 0 Å². The maximum absolute atomic E-state index is 13.7. The number of aryl methyl sites for hydroxylation is 1. The van der Waals surface area contributed by atoms with Crippen LogP contribution in [0.25, 0.3) is 0 Å². The van der Waals surface area contributed by atoms with Crippen LogP contribution in [0.5, 0.6) is 0 Å². The van der Waals surface area contributed by atoms with Crippen LogP contribution in [-0.2, 0) is 14.3 Å². The Morgan fingerprint density at radius 1 is 1.03 bits per heavy atom. The van der Waals surface area contributed by atoms with Gasteiger partial charge in [0, 0.05) is 31.7 Å². The maximum Gasteiger partial charge on any atom is 0.322 e. The molecule has 2 aliphatic heterocycles. The number of nitrogens with zero attached hydrogens (tertiary/aromatic N) is 3. The first kappa shape index (κ1) is 26.1. The van der Waals surface area contributed by atoms with Crippen LogP contribution in [0.15, 0.2) is 48.5 Å². The van der Waals surface area contributed by atoms with E-state index < -0.39 is 48.3 Å². The summed E-state index contributed by atoms with van der Waals surface area (Å²) in [6, 6.07) is 10.7. The molecule has 2 unspecified atom stereocenters. The summed E-state index contributed by atoms with van der Waals surface area (Å²) in [5, 5.41) is 12.1. The van der Waals surface area contributed by atoms with Gasteiger partial charge in [0.25, 0.3) is 11.8 Å². The van der Waals surface area contributed by atoms with Crippen molar-refractivity contribution < 1.29 is 33.4 Å². The Morgan fingerprint density at radius 3 is 2.35 bits per heavy atom. The van der Waals surface area contributed by atoms with Crippen LogP contribution in [-0.4, -0.2) is 89.2 Å². The Morgan fingerprint density at radius 2 is 1.70 bits per heavy atom. The summed E-state index contributed by atoms with van der Waals surface area (Å²) >= 11 is 0. The van der Waals surface area contributed by atoms with E-state index in [4.69, 9.17) is 4.74 Å². The van der Waals surface area contributed by atoms with Gasteiger partial charge in [-0.1, -0.05) is 29.8 Å². The number of carboxylic acids is 1. The Hall–Kier alpha value is -3.99. The first-order chi connectivity index (χ1) is 17.7. The third kappa shape index (κ3) is 6.05. The van der Waals surface area contributed by atoms with E-state index in [0.717, 1.165) is 5.56 Å². The molecule has 11 heteroatoms. The van der Waals surface area contributed by atoms with E-state index >= 15 is 0 Å². The molecule has 0 bridgehead atoms. The number of halogens is 1. The standard InChI is InChI=1S/C26H29FN4O6/c1-17-3-2-4-19(15-17)25(35)30-9-10-31(26(36)29-11-13-37-14-12-29)24(30)23(34)28-21(16-22(32)33)18-5-7-20(27)8-6-18/h2-8,15,21,24H,9-14,16H2,1H3,(H,28,34)(H,32,33). The Balaban J connectivity index is 1.64. The second-order valence-corrected chi connectivity index (χ2v) is 9.03. The number of morpholine rings is 1. The smallest absolute Gasteiger partial charge is 0.322 e. The van der Waals surface area contributed by atoms with Gasteiger partial charge in [0.15, 0.2) is 6.17 Å².